The van der Waals surface area contributed by atoms with Crippen molar-refractivity contribution in [2.45, 2.75) is 45.1 Å². The third kappa shape index (κ3) is 3.40. The van der Waals surface area contributed by atoms with Crippen molar-refractivity contribution >= 4 is 17.5 Å². The Morgan fingerprint density at radius 1 is 1.38 bits per heavy atom. The van der Waals surface area contributed by atoms with E-state index >= 15 is 0 Å². The first-order chi connectivity index (χ1) is 10.2. The molecule has 21 heavy (non-hydrogen) atoms. The van der Waals surface area contributed by atoms with Crippen LogP contribution in [0.25, 0.3) is 0 Å². The molecular weight excluding hydrogens is 270 g/mol. The van der Waals surface area contributed by atoms with Gasteiger partial charge in [0.25, 0.3) is 0 Å². The summed E-state index contributed by atoms with van der Waals surface area (Å²) >= 11 is 0. The smallest absolute Gasteiger partial charge is 0.329 e. The second kappa shape index (κ2) is 5.83. The fourth-order valence-corrected chi connectivity index (χ4v) is 2.63. The Balaban J connectivity index is 1.80. The molecule has 0 unspecified atom stereocenters. The molecule has 0 saturated heterocycles. The monoisotopic (exact) mass is 291 g/mol. The summed E-state index contributed by atoms with van der Waals surface area (Å²) in [5.41, 5.74) is -0.0386. The van der Waals surface area contributed by atoms with Gasteiger partial charge in [-0.15, -0.1) is 0 Å². The van der Waals surface area contributed by atoms with Crippen LogP contribution in [-0.4, -0.2) is 27.5 Å². The summed E-state index contributed by atoms with van der Waals surface area (Å²) in [4.78, 5) is 19.1. The van der Waals surface area contributed by atoms with E-state index in [0.29, 0.717) is 29.6 Å². The van der Waals surface area contributed by atoms with Crippen molar-refractivity contribution in [1.82, 2.24) is 9.97 Å². The molecule has 0 atom stereocenters. The van der Waals surface area contributed by atoms with Crippen LogP contribution in [0.4, 0.5) is 17.5 Å². The van der Waals surface area contributed by atoms with Gasteiger partial charge >= 0.3 is 5.69 Å². The third-order valence-corrected chi connectivity index (χ3v) is 4.06. The molecule has 0 aliphatic heterocycles. The van der Waals surface area contributed by atoms with Gasteiger partial charge in [-0.1, -0.05) is 6.92 Å². The molecule has 1 heterocycles. The summed E-state index contributed by atoms with van der Waals surface area (Å²) in [5, 5.41) is 17.6. The van der Waals surface area contributed by atoms with Crippen LogP contribution < -0.4 is 10.6 Å². The molecule has 0 aromatic carbocycles. The lowest BCUT2D eigenvalue weighted by Gasteiger charge is -2.18. The molecule has 0 amide bonds. The highest BCUT2D eigenvalue weighted by molar-refractivity contribution is 5.57. The van der Waals surface area contributed by atoms with Gasteiger partial charge in [-0.25, -0.2) is 4.98 Å². The van der Waals surface area contributed by atoms with E-state index in [9.17, 15) is 10.1 Å². The summed E-state index contributed by atoms with van der Waals surface area (Å²) in [7, 11) is 0. The van der Waals surface area contributed by atoms with Crippen LogP contribution in [0, 0.1) is 22.0 Å². The van der Waals surface area contributed by atoms with Crippen molar-refractivity contribution in [2.24, 2.45) is 11.8 Å². The summed E-state index contributed by atoms with van der Waals surface area (Å²) in [5.74, 6) is 2.12. The van der Waals surface area contributed by atoms with E-state index in [2.05, 4.69) is 20.6 Å². The lowest BCUT2D eigenvalue weighted by Crippen LogP contribution is -2.25. The lowest BCUT2D eigenvalue weighted by molar-refractivity contribution is -0.384. The molecule has 7 nitrogen and oxygen atoms in total. The van der Waals surface area contributed by atoms with Crippen LogP contribution in [0.5, 0.6) is 0 Å². The van der Waals surface area contributed by atoms with E-state index in [1.54, 1.807) is 0 Å². The van der Waals surface area contributed by atoms with Crippen LogP contribution >= 0.6 is 0 Å². The normalized spacial score (nSPS) is 17.8. The van der Waals surface area contributed by atoms with Gasteiger partial charge in [0.2, 0.25) is 11.8 Å². The Labute approximate surface area is 123 Å². The third-order valence-electron chi connectivity index (χ3n) is 4.06. The van der Waals surface area contributed by atoms with Gasteiger partial charge in [-0.05, 0) is 43.9 Å². The predicted octanol–water partition coefficient (Wildman–Crippen LogP) is 2.81. The number of anilines is 2. The fourth-order valence-electron chi connectivity index (χ4n) is 2.63. The minimum absolute atomic E-state index is 0.0386. The van der Waals surface area contributed by atoms with Crippen LogP contribution in [0.15, 0.2) is 6.20 Å². The SMILES string of the molecule is CCCNc1ncc([N+](=O)[O-])c(NC(C2CC2)C2CC2)n1. The Morgan fingerprint density at radius 3 is 2.57 bits per heavy atom. The van der Waals surface area contributed by atoms with Crippen molar-refractivity contribution in [3.63, 3.8) is 0 Å². The van der Waals surface area contributed by atoms with Crippen LogP contribution in [0.3, 0.4) is 0 Å². The maximum atomic E-state index is 11.2. The van der Waals surface area contributed by atoms with E-state index in [0.717, 1.165) is 13.0 Å². The highest BCUT2D eigenvalue weighted by Crippen LogP contribution is 2.46. The van der Waals surface area contributed by atoms with Crippen molar-refractivity contribution in [3.05, 3.63) is 16.3 Å². The zero-order chi connectivity index (χ0) is 14.8. The van der Waals surface area contributed by atoms with Crippen LogP contribution in [0.1, 0.15) is 39.0 Å². The van der Waals surface area contributed by atoms with Crippen molar-refractivity contribution < 1.29 is 4.92 Å². The standard InChI is InChI=1S/C14H21N5O2/c1-2-7-15-14-16-8-11(19(20)21)13(18-14)17-12(9-3-4-9)10-5-6-10/h8-10,12H,2-7H2,1H3,(H2,15,16,17,18). The van der Waals surface area contributed by atoms with Crippen molar-refractivity contribution in [2.75, 3.05) is 17.2 Å². The minimum atomic E-state index is -0.414. The molecule has 3 rings (SSSR count). The van der Waals surface area contributed by atoms with Gasteiger partial charge in [0.1, 0.15) is 6.20 Å². The van der Waals surface area contributed by atoms with E-state index in [1.165, 1.54) is 31.9 Å². The summed E-state index contributed by atoms with van der Waals surface area (Å²) in [6.45, 7) is 2.81. The number of nitrogens with one attached hydrogen (secondary N) is 2. The molecular formula is C14H21N5O2. The molecule has 1 aromatic heterocycles. The van der Waals surface area contributed by atoms with E-state index in [-0.39, 0.29) is 5.69 Å². The molecule has 2 aliphatic carbocycles. The summed E-state index contributed by atoms with van der Waals surface area (Å²) in [6, 6.07) is 0.331. The molecule has 2 saturated carbocycles. The van der Waals surface area contributed by atoms with Crippen LogP contribution in [-0.2, 0) is 0 Å². The van der Waals surface area contributed by atoms with E-state index < -0.39 is 4.92 Å². The first kappa shape index (κ1) is 14.0. The summed E-state index contributed by atoms with van der Waals surface area (Å²) < 4.78 is 0. The largest absolute Gasteiger partial charge is 0.361 e. The quantitative estimate of drug-likeness (QED) is 0.565. The highest BCUT2D eigenvalue weighted by atomic mass is 16.6. The number of hydrogen-bond donors (Lipinski definition) is 2. The number of nitrogens with zero attached hydrogens (tertiary/aromatic N) is 3. The van der Waals surface area contributed by atoms with Gasteiger partial charge in [0.15, 0.2) is 0 Å². The van der Waals surface area contributed by atoms with Gasteiger partial charge in [0, 0.05) is 12.6 Å². The Bertz CT molecular complexity index is 516. The Hall–Kier alpha value is -1.92. The van der Waals surface area contributed by atoms with Crippen LogP contribution in [0.2, 0.25) is 0 Å². The molecule has 2 fully saturated rings. The van der Waals surface area contributed by atoms with Gasteiger partial charge in [-0.2, -0.15) is 4.98 Å². The minimum Gasteiger partial charge on any atom is -0.361 e. The first-order valence-electron chi connectivity index (χ1n) is 7.71. The lowest BCUT2D eigenvalue weighted by atomic mass is 10.1. The molecule has 0 bridgehead atoms. The average molecular weight is 291 g/mol. The molecule has 1 aromatic rings. The molecule has 0 radical (unpaired) electrons. The van der Waals surface area contributed by atoms with E-state index in [4.69, 9.17) is 0 Å². The number of aromatic nitrogens is 2. The number of hydrogen-bond acceptors (Lipinski definition) is 6. The highest BCUT2D eigenvalue weighted by Gasteiger charge is 2.42. The van der Waals surface area contributed by atoms with Crippen molar-refractivity contribution in [1.29, 1.82) is 0 Å². The Morgan fingerprint density at radius 2 is 2.05 bits per heavy atom. The molecule has 114 valence electrons. The number of nitro groups is 1. The molecule has 7 heteroatoms. The fraction of sp³-hybridized carbons (Fsp3) is 0.714. The maximum absolute atomic E-state index is 11.2. The Kier molecular flexibility index (Phi) is 3.90. The predicted molar refractivity (Wildman–Crippen MR) is 80.3 cm³/mol. The molecule has 2 N–H and O–H groups in total. The van der Waals surface area contributed by atoms with Gasteiger partial charge < -0.3 is 10.6 Å². The summed E-state index contributed by atoms with van der Waals surface area (Å²) in [6.07, 6.45) is 7.12. The van der Waals surface area contributed by atoms with Gasteiger partial charge in [0.05, 0.1) is 4.92 Å². The second-order valence-corrected chi connectivity index (χ2v) is 5.96. The first-order valence-corrected chi connectivity index (χ1v) is 7.71. The zero-order valence-electron chi connectivity index (χ0n) is 12.2. The average Bonchev–Trinajstić information content (AvgIpc) is 3.36. The topological polar surface area (TPSA) is 93.0 Å². The molecule has 0 spiro atoms. The number of rotatable bonds is 8. The van der Waals surface area contributed by atoms with Gasteiger partial charge in [-0.3, -0.25) is 10.1 Å². The van der Waals surface area contributed by atoms with Crippen molar-refractivity contribution in [3.8, 4) is 0 Å². The second-order valence-electron chi connectivity index (χ2n) is 5.96. The zero-order valence-corrected chi connectivity index (χ0v) is 12.2. The van der Waals surface area contributed by atoms with E-state index in [1.807, 2.05) is 6.92 Å². The maximum Gasteiger partial charge on any atom is 0.329 e. The molecule has 2 aliphatic rings.